The second-order valence-corrected chi connectivity index (χ2v) is 5.47. The van der Waals surface area contributed by atoms with Gasteiger partial charge in [-0.2, -0.15) is 5.10 Å². The van der Waals surface area contributed by atoms with Crippen LogP contribution in [-0.2, 0) is 11.2 Å². The molecule has 2 unspecified atom stereocenters. The minimum atomic E-state index is 0.167. The lowest BCUT2D eigenvalue weighted by Crippen LogP contribution is -2.57. The van der Waals surface area contributed by atoms with Crippen LogP contribution >= 0.6 is 0 Å². The summed E-state index contributed by atoms with van der Waals surface area (Å²) < 4.78 is 0. The van der Waals surface area contributed by atoms with Crippen molar-refractivity contribution in [1.29, 1.82) is 0 Å². The highest BCUT2D eigenvalue weighted by molar-refractivity contribution is 5.87. The maximum Gasteiger partial charge on any atom is 0.228 e. The van der Waals surface area contributed by atoms with Crippen LogP contribution < -0.4 is 5.32 Å². The number of fused-ring (bicyclic) bond motifs is 1. The van der Waals surface area contributed by atoms with E-state index in [1.807, 2.05) is 29.2 Å². The second kappa shape index (κ2) is 5.25. The number of benzene rings is 1. The van der Waals surface area contributed by atoms with Gasteiger partial charge in [-0.1, -0.05) is 18.2 Å². The Kier molecular flexibility index (Phi) is 3.44. The van der Waals surface area contributed by atoms with Gasteiger partial charge in [0.05, 0.1) is 17.6 Å². The average Bonchev–Trinajstić information content (AvgIpc) is 2.85. The minimum Gasteiger partial charge on any atom is -0.337 e. The molecule has 3 rings (SSSR count). The highest BCUT2D eigenvalue weighted by atomic mass is 16.2. The predicted molar refractivity (Wildman–Crippen MR) is 78.4 cm³/mol. The number of nitrogens with one attached hydrogen (secondary N) is 2. The van der Waals surface area contributed by atoms with Crippen LogP contribution in [0.5, 0.6) is 0 Å². The first kappa shape index (κ1) is 13.1. The molecule has 1 aromatic carbocycles. The van der Waals surface area contributed by atoms with Crippen molar-refractivity contribution in [1.82, 2.24) is 20.4 Å². The van der Waals surface area contributed by atoms with Crippen molar-refractivity contribution in [3.63, 3.8) is 0 Å². The summed E-state index contributed by atoms with van der Waals surface area (Å²) in [6, 6.07) is 8.45. The second-order valence-electron chi connectivity index (χ2n) is 5.47. The molecule has 1 amide bonds. The molecule has 1 saturated heterocycles. The first-order valence-corrected chi connectivity index (χ1v) is 7.11. The largest absolute Gasteiger partial charge is 0.337 e. The third-order valence-corrected chi connectivity index (χ3v) is 4.22. The molecule has 1 aliphatic rings. The number of H-pyrrole nitrogens is 1. The van der Waals surface area contributed by atoms with Crippen molar-refractivity contribution < 1.29 is 4.79 Å². The molecule has 20 heavy (non-hydrogen) atoms. The van der Waals surface area contributed by atoms with E-state index in [9.17, 15) is 4.79 Å². The molecule has 2 aromatic rings. The van der Waals surface area contributed by atoms with Crippen molar-refractivity contribution in [3.8, 4) is 0 Å². The predicted octanol–water partition coefficient (Wildman–Crippen LogP) is 1.31. The number of carbonyl (C=O) groups excluding carboxylic acids is 1. The van der Waals surface area contributed by atoms with Gasteiger partial charge >= 0.3 is 0 Å². The summed E-state index contributed by atoms with van der Waals surface area (Å²) in [6.45, 7) is 5.85. The molecular formula is C15H20N4O. The Morgan fingerprint density at radius 1 is 1.40 bits per heavy atom. The number of piperazine rings is 1. The van der Waals surface area contributed by atoms with Crippen LogP contribution in [0.3, 0.4) is 0 Å². The van der Waals surface area contributed by atoms with E-state index in [1.165, 1.54) is 0 Å². The molecule has 1 aliphatic heterocycles. The molecule has 2 atom stereocenters. The topological polar surface area (TPSA) is 61.0 Å². The first-order valence-electron chi connectivity index (χ1n) is 7.11. The summed E-state index contributed by atoms with van der Waals surface area (Å²) in [5, 5.41) is 11.7. The Balaban J connectivity index is 1.78. The summed E-state index contributed by atoms with van der Waals surface area (Å²) in [5.41, 5.74) is 1.82. The summed E-state index contributed by atoms with van der Waals surface area (Å²) in [4.78, 5) is 14.5. The smallest absolute Gasteiger partial charge is 0.228 e. The lowest BCUT2D eigenvalue weighted by Gasteiger charge is -2.38. The van der Waals surface area contributed by atoms with Crippen LogP contribution in [0, 0.1) is 0 Å². The number of aromatic nitrogens is 2. The van der Waals surface area contributed by atoms with Crippen LogP contribution in [0.15, 0.2) is 24.3 Å². The van der Waals surface area contributed by atoms with Crippen LogP contribution in [0.1, 0.15) is 19.5 Å². The van der Waals surface area contributed by atoms with Gasteiger partial charge in [-0.3, -0.25) is 9.89 Å². The summed E-state index contributed by atoms with van der Waals surface area (Å²) >= 11 is 0. The number of rotatable bonds is 2. The van der Waals surface area contributed by atoms with Crippen molar-refractivity contribution >= 4 is 16.8 Å². The Labute approximate surface area is 118 Å². The van der Waals surface area contributed by atoms with Crippen molar-refractivity contribution in [2.24, 2.45) is 0 Å². The maximum absolute atomic E-state index is 12.5. The first-order chi connectivity index (χ1) is 9.66. The minimum absolute atomic E-state index is 0.167. The quantitative estimate of drug-likeness (QED) is 0.866. The molecule has 0 saturated carbocycles. The number of carbonyl (C=O) groups is 1. The summed E-state index contributed by atoms with van der Waals surface area (Å²) in [7, 11) is 0. The highest BCUT2D eigenvalue weighted by Crippen LogP contribution is 2.17. The number of hydrogen-bond donors (Lipinski definition) is 2. The molecule has 0 bridgehead atoms. The zero-order valence-corrected chi connectivity index (χ0v) is 11.9. The fraction of sp³-hybridized carbons (Fsp3) is 0.467. The van der Waals surface area contributed by atoms with Gasteiger partial charge in [0.15, 0.2) is 0 Å². The Morgan fingerprint density at radius 3 is 3.05 bits per heavy atom. The van der Waals surface area contributed by atoms with Gasteiger partial charge < -0.3 is 10.2 Å². The molecule has 2 N–H and O–H groups in total. The molecular weight excluding hydrogens is 252 g/mol. The average molecular weight is 272 g/mol. The Bertz CT molecular complexity index is 621. The zero-order chi connectivity index (χ0) is 14.1. The maximum atomic E-state index is 12.5. The molecule has 0 radical (unpaired) electrons. The number of nitrogens with zero attached hydrogens (tertiary/aromatic N) is 2. The third kappa shape index (κ3) is 2.29. The van der Waals surface area contributed by atoms with E-state index in [0.29, 0.717) is 12.5 Å². The third-order valence-electron chi connectivity index (χ3n) is 4.22. The highest BCUT2D eigenvalue weighted by Gasteiger charge is 2.28. The van der Waals surface area contributed by atoms with Gasteiger partial charge in [-0.25, -0.2) is 0 Å². The van der Waals surface area contributed by atoms with Crippen LogP contribution in [0.2, 0.25) is 0 Å². The van der Waals surface area contributed by atoms with Crippen LogP contribution in [-0.4, -0.2) is 46.2 Å². The molecule has 2 heterocycles. The molecule has 106 valence electrons. The summed E-state index contributed by atoms with van der Waals surface area (Å²) in [5.74, 6) is 0.167. The van der Waals surface area contributed by atoms with Gasteiger partial charge in [0.1, 0.15) is 0 Å². The van der Waals surface area contributed by atoms with E-state index in [0.717, 1.165) is 29.7 Å². The van der Waals surface area contributed by atoms with Crippen molar-refractivity contribution in [2.75, 3.05) is 13.1 Å². The van der Waals surface area contributed by atoms with Gasteiger partial charge in [0.25, 0.3) is 0 Å². The molecule has 1 aromatic heterocycles. The van der Waals surface area contributed by atoms with Gasteiger partial charge in [-0.05, 0) is 19.9 Å². The Hall–Kier alpha value is -1.88. The van der Waals surface area contributed by atoms with Crippen LogP contribution in [0.4, 0.5) is 0 Å². The molecule has 5 nitrogen and oxygen atoms in total. The lowest BCUT2D eigenvalue weighted by atomic mass is 10.1. The normalized spacial score (nSPS) is 23.2. The number of amides is 1. The number of hydrogen-bond acceptors (Lipinski definition) is 3. The van der Waals surface area contributed by atoms with Crippen LogP contribution in [0.25, 0.3) is 10.9 Å². The van der Waals surface area contributed by atoms with Gasteiger partial charge in [0, 0.05) is 30.6 Å². The molecule has 5 heteroatoms. The number of para-hydroxylation sites is 1. The van der Waals surface area contributed by atoms with E-state index >= 15 is 0 Å². The standard InChI is InChI=1S/C15H20N4O/c1-10-11(2)19(8-7-16-10)15(20)9-14-12-5-3-4-6-13(12)17-18-14/h3-6,10-11,16H,7-9H2,1-2H3,(H,17,18). The fourth-order valence-electron chi connectivity index (χ4n) is 2.81. The van der Waals surface area contributed by atoms with Gasteiger partial charge in [0.2, 0.25) is 5.91 Å². The van der Waals surface area contributed by atoms with Gasteiger partial charge in [-0.15, -0.1) is 0 Å². The van der Waals surface area contributed by atoms with Crippen molar-refractivity contribution in [2.45, 2.75) is 32.4 Å². The molecule has 0 aliphatic carbocycles. The van der Waals surface area contributed by atoms with E-state index in [-0.39, 0.29) is 11.9 Å². The lowest BCUT2D eigenvalue weighted by molar-refractivity contribution is -0.134. The van der Waals surface area contributed by atoms with Crippen molar-refractivity contribution in [3.05, 3.63) is 30.0 Å². The van der Waals surface area contributed by atoms with E-state index in [2.05, 4.69) is 29.4 Å². The van der Waals surface area contributed by atoms with E-state index in [4.69, 9.17) is 0 Å². The summed E-state index contributed by atoms with van der Waals surface area (Å²) in [6.07, 6.45) is 0.386. The van der Waals surface area contributed by atoms with E-state index < -0.39 is 0 Å². The zero-order valence-electron chi connectivity index (χ0n) is 11.9. The molecule has 1 fully saturated rings. The monoisotopic (exact) mass is 272 g/mol. The van der Waals surface area contributed by atoms with E-state index in [1.54, 1.807) is 0 Å². The number of aromatic amines is 1. The molecule has 0 spiro atoms. The SMILES string of the molecule is CC1NCCN(C(=O)Cc2[nH]nc3ccccc23)C1C. The fourth-order valence-corrected chi connectivity index (χ4v) is 2.81. The Morgan fingerprint density at radius 2 is 2.20 bits per heavy atom.